The molecule has 146 valence electrons. The Bertz CT molecular complexity index is 874. The molecule has 1 aromatic carbocycles. The van der Waals surface area contributed by atoms with Crippen LogP contribution in [0.25, 0.3) is 0 Å². The van der Waals surface area contributed by atoms with E-state index in [-0.39, 0.29) is 16.6 Å². The van der Waals surface area contributed by atoms with Crippen LogP contribution in [0.1, 0.15) is 30.1 Å². The number of nitrogens with zero attached hydrogens (tertiary/aromatic N) is 2. The van der Waals surface area contributed by atoms with Gasteiger partial charge in [0, 0.05) is 18.7 Å². The Balaban J connectivity index is 1.75. The summed E-state index contributed by atoms with van der Waals surface area (Å²) < 4.78 is 27.3. The molecule has 1 N–H and O–H groups in total. The van der Waals surface area contributed by atoms with Gasteiger partial charge in [0.25, 0.3) is 0 Å². The van der Waals surface area contributed by atoms with E-state index >= 15 is 0 Å². The standard InChI is InChI=1S/C18H25N3O4PS/c1-14(22)15-4-6-16(7-5-15)27(24,25)20-10-8-18(9-11-20)19-12-17(23)21(18)13-26(2)3/h4-7,19H,2,8-13H2,1,3H3/q+1. The number of Topliss-reactive ketones (excluding diaryl/α,β-unsaturated/α-hetero) is 1. The molecule has 9 heteroatoms. The molecule has 2 saturated heterocycles. The highest BCUT2D eigenvalue weighted by molar-refractivity contribution is 7.89. The van der Waals surface area contributed by atoms with Gasteiger partial charge in [-0.25, -0.2) is 8.42 Å². The molecule has 1 spiro atoms. The summed E-state index contributed by atoms with van der Waals surface area (Å²) in [5.41, 5.74) is 0.0238. The van der Waals surface area contributed by atoms with Crippen LogP contribution in [0.2, 0.25) is 0 Å². The molecule has 0 aliphatic carbocycles. The number of amides is 1. The van der Waals surface area contributed by atoms with Crippen molar-refractivity contribution in [2.24, 2.45) is 0 Å². The summed E-state index contributed by atoms with van der Waals surface area (Å²) in [6.45, 7) is 4.45. The van der Waals surface area contributed by atoms with E-state index < -0.39 is 23.2 Å². The number of ketones is 1. The second kappa shape index (κ2) is 7.43. The zero-order valence-electron chi connectivity index (χ0n) is 15.6. The molecule has 0 radical (unpaired) electrons. The molecule has 1 amide bonds. The number of hydrogen-bond donors (Lipinski definition) is 1. The van der Waals surface area contributed by atoms with Crippen LogP contribution in [-0.4, -0.2) is 73.9 Å². The first-order chi connectivity index (χ1) is 12.7. The minimum atomic E-state index is -3.62. The molecule has 2 aliphatic rings. The Hall–Kier alpha value is -1.60. The van der Waals surface area contributed by atoms with Crippen molar-refractivity contribution in [3.05, 3.63) is 29.8 Å². The van der Waals surface area contributed by atoms with E-state index in [2.05, 4.69) is 11.6 Å². The molecule has 27 heavy (non-hydrogen) atoms. The Labute approximate surface area is 161 Å². The molecule has 0 saturated carbocycles. The van der Waals surface area contributed by atoms with Crippen LogP contribution in [-0.2, 0) is 14.8 Å². The molecule has 0 bridgehead atoms. The third kappa shape index (κ3) is 3.85. The monoisotopic (exact) mass is 410 g/mol. The van der Waals surface area contributed by atoms with Gasteiger partial charge in [-0.2, -0.15) is 4.31 Å². The third-order valence-corrected chi connectivity index (χ3v) is 7.90. The van der Waals surface area contributed by atoms with Crippen LogP contribution in [0.15, 0.2) is 29.2 Å². The van der Waals surface area contributed by atoms with Gasteiger partial charge in [0.05, 0.1) is 24.4 Å². The summed E-state index contributed by atoms with van der Waals surface area (Å²) in [5.74, 6) is -0.0404. The van der Waals surface area contributed by atoms with E-state index in [1.54, 1.807) is 0 Å². The predicted octanol–water partition coefficient (Wildman–Crippen LogP) is 1.30. The fraction of sp³-hybridized carbons (Fsp3) is 0.500. The first kappa shape index (κ1) is 20.1. The molecule has 3 rings (SSSR count). The number of piperidine rings is 1. The Morgan fingerprint density at radius 3 is 2.37 bits per heavy atom. The van der Waals surface area contributed by atoms with Gasteiger partial charge in [-0.05, 0) is 31.9 Å². The first-order valence-corrected chi connectivity index (χ1v) is 12.4. The highest BCUT2D eigenvalue weighted by atomic mass is 32.2. The van der Waals surface area contributed by atoms with Crippen LogP contribution in [0.3, 0.4) is 0 Å². The average Bonchev–Trinajstić information content (AvgIpc) is 2.91. The average molecular weight is 410 g/mol. The lowest BCUT2D eigenvalue weighted by molar-refractivity contribution is -0.130. The largest absolute Gasteiger partial charge is 0.295 e. The lowest BCUT2D eigenvalue weighted by atomic mass is 9.98. The molecular formula is C18H25N3O4PS+. The van der Waals surface area contributed by atoms with Gasteiger partial charge in [-0.3, -0.25) is 19.8 Å². The van der Waals surface area contributed by atoms with E-state index in [1.807, 2.05) is 11.6 Å². The lowest BCUT2D eigenvalue weighted by Crippen LogP contribution is -2.59. The van der Waals surface area contributed by atoms with Crippen LogP contribution in [0.5, 0.6) is 0 Å². The van der Waals surface area contributed by atoms with Crippen molar-refractivity contribution in [3.8, 4) is 0 Å². The van der Waals surface area contributed by atoms with Crippen molar-refractivity contribution in [2.75, 3.05) is 32.6 Å². The fourth-order valence-corrected chi connectivity index (χ4v) is 6.03. The molecule has 1 aromatic rings. The summed E-state index contributed by atoms with van der Waals surface area (Å²) in [7, 11) is -4.13. The van der Waals surface area contributed by atoms with Gasteiger partial charge < -0.3 is 0 Å². The normalized spacial score (nSPS) is 20.9. The van der Waals surface area contributed by atoms with Crippen LogP contribution in [0, 0.1) is 0 Å². The first-order valence-electron chi connectivity index (χ1n) is 8.84. The van der Waals surface area contributed by atoms with Crippen molar-refractivity contribution in [3.63, 3.8) is 0 Å². The number of benzene rings is 1. The van der Waals surface area contributed by atoms with Gasteiger partial charge in [0.2, 0.25) is 15.9 Å². The molecule has 1 atom stereocenters. The van der Waals surface area contributed by atoms with Crippen molar-refractivity contribution in [2.45, 2.75) is 30.3 Å². The predicted molar refractivity (Wildman–Crippen MR) is 107 cm³/mol. The summed E-state index contributed by atoms with van der Waals surface area (Å²) in [5, 5.41) is 3.31. The van der Waals surface area contributed by atoms with Gasteiger partial charge in [-0.1, -0.05) is 12.1 Å². The highest BCUT2D eigenvalue weighted by Gasteiger charge is 2.49. The zero-order chi connectivity index (χ0) is 19.8. The van der Waals surface area contributed by atoms with Crippen molar-refractivity contribution >= 4 is 35.6 Å². The zero-order valence-corrected chi connectivity index (χ0v) is 17.4. The molecular weight excluding hydrogens is 385 g/mol. The SMILES string of the molecule is C=[P+](C)CN1C(=O)CNC12CCN(S(=O)(=O)c1ccc(C(C)=O)cc1)CC2. The number of nitrogens with one attached hydrogen (secondary N) is 1. The number of carbonyl (C=O) groups excluding carboxylic acids is 2. The highest BCUT2D eigenvalue weighted by Crippen LogP contribution is 2.35. The molecule has 2 heterocycles. The van der Waals surface area contributed by atoms with E-state index in [9.17, 15) is 18.0 Å². The summed E-state index contributed by atoms with van der Waals surface area (Å²) in [6.07, 6.45) is 5.76. The Morgan fingerprint density at radius 1 is 1.26 bits per heavy atom. The number of hydrogen-bond acceptors (Lipinski definition) is 5. The maximum atomic E-state index is 12.9. The number of sulfonamides is 1. The molecule has 0 aromatic heterocycles. The van der Waals surface area contributed by atoms with Gasteiger partial charge >= 0.3 is 0 Å². The number of rotatable bonds is 5. The minimum Gasteiger partial charge on any atom is -0.295 e. The van der Waals surface area contributed by atoms with Crippen LogP contribution >= 0.6 is 7.55 Å². The van der Waals surface area contributed by atoms with E-state index in [0.29, 0.717) is 44.3 Å². The van der Waals surface area contributed by atoms with Crippen molar-refractivity contribution < 1.29 is 18.0 Å². The quantitative estimate of drug-likeness (QED) is 0.584. The van der Waals surface area contributed by atoms with Gasteiger partial charge in [0.15, 0.2) is 12.1 Å². The molecule has 1 unspecified atom stereocenters. The molecule has 2 fully saturated rings. The van der Waals surface area contributed by atoms with Crippen molar-refractivity contribution in [1.29, 1.82) is 0 Å². The van der Waals surface area contributed by atoms with E-state index in [4.69, 9.17) is 0 Å². The molecule has 7 nitrogen and oxygen atoms in total. The maximum absolute atomic E-state index is 12.9. The van der Waals surface area contributed by atoms with Gasteiger partial charge in [-0.15, -0.1) is 0 Å². The lowest BCUT2D eigenvalue weighted by Gasteiger charge is -2.42. The second-order valence-corrected chi connectivity index (χ2v) is 11.1. The van der Waals surface area contributed by atoms with Crippen molar-refractivity contribution in [1.82, 2.24) is 14.5 Å². The summed E-state index contributed by atoms with van der Waals surface area (Å²) in [4.78, 5) is 25.7. The van der Waals surface area contributed by atoms with Gasteiger partial charge in [0.1, 0.15) is 13.2 Å². The third-order valence-electron chi connectivity index (χ3n) is 5.22. The Kier molecular flexibility index (Phi) is 5.54. The fourth-order valence-electron chi connectivity index (χ4n) is 3.68. The second-order valence-electron chi connectivity index (χ2n) is 7.19. The topological polar surface area (TPSA) is 86.8 Å². The Morgan fingerprint density at radius 2 is 1.85 bits per heavy atom. The summed E-state index contributed by atoms with van der Waals surface area (Å²) in [6, 6.07) is 6.04. The smallest absolute Gasteiger partial charge is 0.243 e. The van der Waals surface area contributed by atoms with E-state index in [1.165, 1.54) is 35.5 Å². The summed E-state index contributed by atoms with van der Waals surface area (Å²) >= 11 is 0. The minimum absolute atomic E-state index is 0.0594. The number of carbonyl (C=O) groups is 2. The van der Waals surface area contributed by atoms with E-state index in [0.717, 1.165) is 0 Å². The van der Waals surface area contributed by atoms with Crippen LogP contribution < -0.4 is 5.32 Å². The van der Waals surface area contributed by atoms with Crippen LogP contribution in [0.4, 0.5) is 0 Å². The maximum Gasteiger partial charge on any atom is 0.243 e. The molecule has 2 aliphatic heterocycles.